The van der Waals surface area contributed by atoms with Gasteiger partial charge in [-0.15, -0.1) is 0 Å². The van der Waals surface area contributed by atoms with Crippen molar-refractivity contribution in [2.24, 2.45) is 0 Å². The second-order valence-corrected chi connectivity index (χ2v) is 3.61. The molecule has 0 spiro atoms. The molecular weight excluding hydrogens is 188 g/mol. The molecule has 2 rings (SSSR count). The van der Waals surface area contributed by atoms with Crippen molar-refractivity contribution in [3.8, 4) is 6.07 Å². The van der Waals surface area contributed by atoms with Crippen LogP contribution >= 0.6 is 0 Å². The van der Waals surface area contributed by atoms with E-state index in [-0.39, 0.29) is 0 Å². The van der Waals surface area contributed by atoms with Gasteiger partial charge in [-0.05, 0) is 19.1 Å². The van der Waals surface area contributed by atoms with Gasteiger partial charge in [0.05, 0.1) is 17.9 Å². The second-order valence-electron chi connectivity index (χ2n) is 3.61. The molecule has 4 nitrogen and oxygen atoms in total. The van der Waals surface area contributed by atoms with E-state index in [9.17, 15) is 0 Å². The van der Waals surface area contributed by atoms with Crippen LogP contribution in [0.1, 0.15) is 12.6 Å². The van der Waals surface area contributed by atoms with E-state index in [2.05, 4.69) is 22.1 Å². The highest BCUT2D eigenvalue weighted by molar-refractivity contribution is 5.47. The smallest absolute Gasteiger partial charge is 0.140 e. The predicted octanol–water partition coefficient (Wildman–Crippen LogP) is 0.751. The summed E-state index contributed by atoms with van der Waals surface area (Å²) < 4.78 is 0. The largest absolute Gasteiger partial charge is 0.365 e. The normalized spacial score (nSPS) is 15.5. The molecule has 0 bridgehead atoms. The molecule has 15 heavy (non-hydrogen) atoms. The topological polar surface area (TPSA) is 52.0 Å². The number of nitriles is 1. The van der Waals surface area contributed by atoms with Gasteiger partial charge >= 0.3 is 0 Å². The maximum atomic E-state index is 8.65. The number of rotatable bonds is 3. The third-order valence-electron chi connectivity index (χ3n) is 2.74. The van der Waals surface area contributed by atoms with E-state index < -0.39 is 0 Å². The average molecular weight is 202 g/mol. The van der Waals surface area contributed by atoms with Gasteiger partial charge in [0.15, 0.2) is 0 Å². The van der Waals surface area contributed by atoms with Crippen molar-refractivity contribution in [2.45, 2.75) is 13.0 Å². The molecular formula is C11H14N4. The average Bonchev–Trinajstić information content (AvgIpc) is 2.23. The molecule has 0 amide bonds. The van der Waals surface area contributed by atoms with Gasteiger partial charge in [0.25, 0.3) is 0 Å². The second kappa shape index (κ2) is 4.28. The van der Waals surface area contributed by atoms with Crippen molar-refractivity contribution in [1.29, 1.82) is 5.26 Å². The van der Waals surface area contributed by atoms with Crippen molar-refractivity contribution < 1.29 is 0 Å². The minimum Gasteiger partial charge on any atom is -0.365 e. The third kappa shape index (κ3) is 1.92. The van der Waals surface area contributed by atoms with E-state index in [1.54, 1.807) is 12.3 Å². The molecule has 2 heterocycles. The van der Waals surface area contributed by atoms with Gasteiger partial charge in [-0.3, -0.25) is 0 Å². The maximum absolute atomic E-state index is 8.65. The lowest BCUT2D eigenvalue weighted by Crippen LogP contribution is -2.57. The number of aromatic nitrogens is 1. The first kappa shape index (κ1) is 9.94. The van der Waals surface area contributed by atoms with E-state index in [0.29, 0.717) is 11.7 Å². The zero-order valence-corrected chi connectivity index (χ0v) is 8.77. The fourth-order valence-electron chi connectivity index (χ4n) is 1.77. The highest BCUT2D eigenvalue weighted by Gasteiger charge is 2.23. The number of anilines is 1. The summed E-state index contributed by atoms with van der Waals surface area (Å²) in [5.74, 6) is 0. The van der Waals surface area contributed by atoms with E-state index in [1.165, 1.54) is 0 Å². The minimum absolute atomic E-state index is 0.474. The molecule has 1 N–H and O–H groups in total. The number of hydrogen-bond acceptors (Lipinski definition) is 4. The number of nitrogens with one attached hydrogen (secondary N) is 1. The van der Waals surface area contributed by atoms with Crippen LogP contribution in [0.3, 0.4) is 0 Å². The van der Waals surface area contributed by atoms with Gasteiger partial charge in [-0.2, -0.15) is 5.26 Å². The van der Waals surface area contributed by atoms with E-state index in [0.717, 1.165) is 25.3 Å². The van der Waals surface area contributed by atoms with Crippen molar-refractivity contribution in [3.63, 3.8) is 0 Å². The SMILES string of the molecule is CCN(c1ccc(C#N)nc1)C1CNC1. The third-order valence-corrected chi connectivity index (χ3v) is 2.74. The van der Waals surface area contributed by atoms with Crippen LogP contribution in [0.4, 0.5) is 5.69 Å². The van der Waals surface area contributed by atoms with Crippen LogP contribution < -0.4 is 10.2 Å². The molecule has 0 aromatic carbocycles. The Labute approximate surface area is 89.5 Å². The van der Waals surface area contributed by atoms with Crippen LogP contribution in [-0.4, -0.2) is 30.7 Å². The van der Waals surface area contributed by atoms with Gasteiger partial charge in [0.2, 0.25) is 0 Å². The van der Waals surface area contributed by atoms with Crippen molar-refractivity contribution in [3.05, 3.63) is 24.0 Å². The van der Waals surface area contributed by atoms with Crippen LogP contribution in [0.25, 0.3) is 0 Å². The van der Waals surface area contributed by atoms with Crippen LogP contribution in [0.2, 0.25) is 0 Å². The lowest BCUT2D eigenvalue weighted by atomic mass is 10.1. The molecule has 1 aliphatic rings. The Balaban J connectivity index is 2.15. The summed E-state index contributed by atoms with van der Waals surface area (Å²) in [5.41, 5.74) is 1.57. The minimum atomic E-state index is 0.474. The maximum Gasteiger partial charge on any atom is 0.140 e. The van der Waals surface area contributed by atoms with E-state index >= 15 is 0 Å². The molecule has 1 aromatic rings. The Hall–Kier alpha value is -1.60. The quantitative estimate of drug-likeness (QED) is 0.786. The van der Waals surface area contributed by atoms with Gasteiger partial charge in [-0.1, -0.05) is 0 Å². The van der Waals surface area contributed by atoms with E-state index in [4.69, 9.17) is 5.26 Å². The number of likely N-dealkylation sites (N-methyl/N-ethyl adjacent to an activating group) is 1. The zero-order chi connectivity index (χ0) is 10.7. The summed E-state index contributed by atoms with van der Waals surface area (Å²) in [6.07, 6.45) is 1.78. The van der Waals surface area contributed by atoms with Gasteiger partial charge in [0.1, 0.15) is 11.8 Å². The summed E-state index contributed by atoms with van der Waals surface area (Å²) in [6.45, 7) is 5.18. The highest BCUT2D eigenvalue weighted by Crippen LogP contribution is 2.17. The summed E-state index contributed by atoms with van der Waals surface area (Å²) in [5, 5.41) is 11.9. The van der Waals surface area contributed by atoms with Crippen LogP contribution in [0.15, 0.2) is 18.3 Å². The standard InChI is InChI=1S/C11H14N4/c1-2-15(11-6-13-7-11)10-4-3-9(5-12)14-8-10/h3-4,8,11,13H,2,6-7H2,1H3. The molecule has 78 valence electrons. The Kier molecular flexibility index (Phi) is 2.84. The number of nitrogens with zero attached hydrogens (tertiary/aromatic N) is 3. The Morgan fingerprint density at radius 2 is 2.40 bits per heavy atom. The number of hydrogen-bond donors (Lipinski definition) is 1. The first-order valence-corrected chi connectivity index (χ1v) is 5.18. The summed E-state index contributed by atoms with van der Waals surface area (Å²) in [6, 6.07) is 6.33. The van der Waals surface area contributed by atoms with E-state index in [1.807, 2.05) is 12.1 Å². The molecule has 1 aromatic heterocycles. The Morgan fingerprint density at radius 3 is 2.80 bits per heavy atom. The molecule has 1 fully saturated rings. The van der Waals surface area contributed by atoms with Crippen molar-refractivity contribution >= 4 is 5.69 Å². The fraction of sp³-hybridized carbons (Fsp3) is 0.455. The van der Waals surface area contributed by atoms with Crippen LogP contribution in [0, 0.1) is 11.3 Å². The van der Waals surface area contributed by atoms with Crippen LogP contribution in [-0.2, 0) is 0 Å². The molecule has 0 unspecified atom stereocenters. The van der Waals surface area contributed by atoms with Crippen molar-refractivity contribution in [2.75, 3.05) is 24.5 Å². The molecule has 1 aliphatic heterocycles. The zero-order valence-electron chi connectivity index (χ0n) is 8.77. The number of pyridine rings is 1. The van der Waals surface area contributed by atoms with Gasteiger partial charge in [-0.25, -0.2) is 4.98 Å². The lowest BCUT2D eigenvalue weighted by molar-refractivity contribution is 0.417. The Morgan fingerprint density at radius 1 is 1.60 bits per heavy atom. The van der Waals surface area contributed by atoms with Gasteiger partial charge < -0.3 is 10.2 Å². The van der Waals surface area contributed by atoms with Gasteiger partial charge in [0, 0.05) is 19.6 Å². The lowest BCUT2D eigenvalue weighted by Gasteiger charge is -2.39. The highest BCUT2D eigenvalue weighted by atomic mass is 15.2. The monoisotopic (exact) mass is 202 g/mol. The summed E-state index contributed by atoms with van der Waals surface area (Å²) >= 11 is 0. The Bertz CT molecular complexity index is 361. The van der Waals surface area contributed by atoms with Crippen molar-refractivity contribution in [1.82, 2.24) is 10.3 Å². The molecule has 0 atom stereocenters. The molecule has 0 saturated carbocycles. The molecule has 1 saturated heterocycles. The molecule has 0 aliphatic carbocycles. The summed E-state index contributed by atoms with van der Waals surface area (Å²) in [7, 11) is 0. The predicted molar refractivity (Wildman–Crippen MR) is 58.6 cm³/mol. The summed E-state index contributed by atoms with van der Waals surface area (Å²) in [4.78, 5) is 6.39. The molecule has 0 radical (unpaired) electrons. The first-order chi connectivity index (χ1) is 7.35. The van der Waals surface area contributed by atoms with Crippen LogP contribution in [0.5, 0.6) is 0 Å². The first-order valence-electron chi connectivity index (χ1n) is 5.18. The molecule has 4 heteroatoms. The fourth-order valence-corrected chi connectivity index (χ4v) is 1.77.